The minimum Gasteiger partial charge on any atom is -0.274 e. The maximum atomic E-state index is 12.5. The molecular weight excluding hydrogens is 432 g/mol. The molecule has 5 nitrogen and oxygen atoms in total. The molecule has 0 radical (unpaired) electrons. The first kappa shape index (κ1) is 21.0. The van der Waals surface area contributed by atoms with E-state index in [9.17, 15) is 4.79 Å². The molecule has 0 bridgehead atoms. The fourth-order valence-corrected chi connectivity index (χ4v) is 6.30. The molecule has 8 heteroatoms. The Morgan fingerprint density at radius 3 is 2.77 bits per heavy atom. The molecule has 0 saturated carbocycles. The maximum absolute atomic E-state index is 12.5. The van der Waals surface area contributed by atoms with Crippen LogP contribution in [0, 0.1) is 13.8 Å². The highest BCUT2D eigenvalue weighted by molar-refractivity contribution is 7.98. The van der Waals surface area contributed by atoms with E-state index in [1.165, 1.54) is 21.8 Å². The van der Waals surface area contributed by atoms with E-state index >= 15 is 0 Å². The summed E-state index contributed by atoms with van der Waals surface area (Å²) >= 11 is 4.86. The van der Waals surface area contributed by atoms with Gasteiger partial charge in [0.25, 0.3) is 0 Å². The van der Waals surface area contributed by atoms with Crippen LogP contribution in [0.4, 0.5) is 10.8 Å². The zero-order chi connectivity index (χ0) is 21.3. The molecule has 3 aromatic heterocycles. The van der Waals surface area contributed by atoms with Crippen molar-refractivity contribution in [2.24, 2.45) is 0 Å². The lowest BCUT2D eigenvalue weighted by molar-refractivity contribution is -0.115. The molecular formula is C22H22N4OS3. The third-order valence-electron chi connectivity index (χ3n) is 4.95. The van der Waals surface area contributed by atoms with Crippen LogP contribution in [0.1, 0.15) is 35.5 Å². The van der Waals surface area contributed by atoms with E-state index in [0.29, 0.717) is 10.9 Å². The van der Waals surface area contributed by atoms with Crippen molar-refractivity contribution in [3.8, 4) is 0 Å². The molecule has 0 spiro atoms. The van der Waals surface area contributed by atoms with Gasteiger partial charge < -0.3 is 0 Å². The van der Waals surface area contributed by atoms with Gasteiger partial charge in [0.15, 0.2) is 5.13 Å². The number of aromatic nitrogens is 3. The Hall–Kier alpha value is -2.29. The van der Waals surface area contributed by atoms with Crippen LogP contribution in [0.2, 0.25) is 0 Å². The molecule has 0 fully saturated rings. The molecule has 1 amide bonds. The summed E-state index contributed by atoms with van der Waals surface area (Å²) in [6.07, 6.45) is 2.49. The van der Waals surface area contributed by atoms with Gasteiger partial charge in [-0.2, -0.15) is 0 Å². The second-order valence-electron chi connectivity index (χ2n) is 6.89. The van der Waals surface area contributed by atoms with Crippen LogP contribution in [0.15, 0.2) is 41.0 Å². The van der Waals surface area contributed by atoms with Gasteiger partial charge in [-0.15, -0.1) is 22.7 Å². The summed E-state index contributed by atoms with van der Waals surface area (Å²) in [7, 11) is 0. The van der Waals surface area contributed by atoms with Gasteiger partial charge in [-0.3, -0.25) is 9.69 Å². The molecule has 0 saturated heterocycles. The van der Waals surface area contributed by atoms with Crippen molar-refractivity contribution >= 4 is 61.4 Å². The van der Waals surface area contributed by atoms with Crippen LogP contribution >= 0.6 is 34.4 Å². The Bertz CT molecular complexity index is 1210. The van der Waals surface area contributed by atoms with Crippen molar-refractivity contribution < 1.29 is 4.79 Å². The summed E-state index contributed by atoms with van der Waals surface area (Å²) in [6.45, 7) is 7.92. The number of rotatable bonds is 6. The van der Waals surface area contributed by atoms with Crippen LogP contribution in [-0.2, 0) is 17.0 Å². The number of carbonyl (C=O) groups is 1. The second-order valence-corrected chi connectivity index (χ2v) is 9.89. The Morgan fingerprint density at radius 2 is 2.00 bits per heavy atom. The van der Waals surface area contributed by atoms with Gasteiger partial charge in [0.2, 0.25) is 5.91 Å². The number of aryl methyl sites for hydroxylation is 3. The molecule has 4 aromatic rings. The number of benzene rings is 1. The highest BCUT2D eigenvalue weighted by Crippen LogP contribution is 2.37. The topological polar surface area (TPSA) is 59.0 Å². The average molecular weight is 455 g/mol. The van der Waals surface area contributed by atoms with Crippen LogP contribution in [0.5, 0.6) is 0 Å². The zero-order valence-electron chi connectivity index (χ0n) is 17.3. The number of hydrogen-bond donors (Lipinski definition) is 0. The fourth-order valence-electron chi connectivity index (χ4n) is 3.30. The minimum atomic E-state index is -0.0358. The number of carbonyl (C=O) groups excluding carboxylic acids is 1. The van der Waals surface area contributed by atoms with E-state index in [2.05, 4.69) is 36.8 Å². The quantitative estimate of drug-likeness (QED) is 0.253. The number of nitrogens with zero attached hydrogens (tertiary/aromatic N) is 4. The number of thioether (sulfide) groups is 1. The van der Waals surface area contributed by atoms with Gasteiger partial charge in [0.1, 0.15) is 16.2 Å². The molecule has 0 unspecified atom stereocenters. The van der Waals surface area contributed by atoms with Gasteiger partial charge >= 0.3 is 0 Å². The van der Waals surface area contributed by atoms with Crippen molar-refractivity contribution in [2.75, 3.05) is 4.90 Å². The predicted molar refractivity (Wildman–Crippen MR) is 127 cm³/mol. The first-order valence-electron chi connectivity index (χ1n) is 9.66. The van der Waals surface area contributed by atoms with Gasteiger partial charge in [-0.1, -0.05) is 36.9 Å². The SMILES string of the molecule is CCc1ccccc1N(C(C)=O)c1nc(CSc2ncnc3sc(C)c(C)c23)cs1. The van der Waals surface area contributed by atoms with Crippen molar-refractivity contribution in [1.82, 2.24) is 15.0 Å². The maximum Gasteiger partial charge on any atom is 0.230 e. The van der Waals surface area contributed by atoms with Gasteiger partial charge in [0.05, 0.1) is 11.4 Å². The first-order valence-corrected chi connectivity index (χ1v) is 12.3. The fraction of sp³-hybridized carbons (Fsp3) is 0.273. The van der Waals surface area contributed by atoms with Crippen LogP contribution in [0.3, 0.4) is 0 Å². The van der Waals surface area contributed by atoms with Crippen molar-refractivity contribution in [1.29, 1.82) is 0 Å². The molecule has 30 heavy (non-hydrogen) atoms. The Labute approximate surface area is 188 Å². The van der Waals surface area contributed by atoms with Gasteiger partial charge in [0, 0.05) is 28.3 Å². The van der Waals surface area contributed by atoms with E-state index < -0.39 is 0 Å². The van der Waals surface area contributed by atoms with Gasteiger partial charge in [-0.05, 0) is 37.5 Å². The highest BCUT2D eigenvalue weighted by Gasteiger charge is 2.20. The summed E-state index contributed by atoms with van der Waals surface area (Å²) < 4.78 is 0. The molecule has 1 aromatic carbocycles. The average Bonchev–Trinajstić information content (AvgIpc) is 3.31. The smallest absolute Gasteiger partial charge is 0.230 e. The van der Waals surface area contributed by atoms with E-state index in [0.717, 1.165) is 38.6 Å². The predicted octanol–water partition coefficient (Wildman–Crippen LogP) is 6.30. The third-order valence-corrected chi connectivity index (χ3v) is 7.96. The Balaban J connectivity index is 1.59. The summed E-state index contributed by atoms with van der Waals surface area (Å²) in [5.41, 5.74) is 4.22. The normalized spacial score (nSPS) is 11.2. The molecule has 0 aliphatic carbocycles. The molecule has 0 aliphatic heterocycles. The van der Waals surface area contributed by atoms with E-state index in [4.69, 9.17) is 4.98 Å². The zero-order valence-corrected chi connectivity index (χ0v) is 19.7. The monoisotopic (exact) mass is 454 g/mol. The molecule has 3 heterocycles. The van der Waals surface area contributed by atoms with Crippen molar-refractivity contribution in [2.45, 2.75) is 44.9 Å². The number of para-hydroxylation sites is 1. The molecule has 0 atom stereocenters. The molecule has 0 aliphatic rings. The summed E-state index contributed by atoms with van der Waals surface area (Å²) in [5, 5.41) is 4.85. The Kier molecular flexibility index (Phi) is 6.17. The van der Waals surface area contributed by atoms with Crippen LogP contribution in [0.25, 0.3) is 10.2 Å². The summed E-state index contributed by atoms with van der Waals surface area (Å²) in [6, 6.07) is 8.00. The standard InChI is InChI=1S/C22H22N4OS3/c1-5-16-8-6-7-9-18(16)26(15(4)27)22-25-17(11-29-22)10-28-20-19-13(2)14(3)30-21(19)24-12-23-20/h6-9,11-12H,5,10H2,1-4H3. The van der Waals surface area contributed by atoms with Gasteiger partial charge in [-0.25, -0.2) is 15.0 Å². The lowest BCUT2D eigenvalue weighted by Gasteiger charge is -2.20. The van der Waals surface area contributed by atoms with E-state index in [-0.39, 0.29) is 5.91 Å². The van der Waals surface area contributed by atoms with Crippen LogP contribution in [-0.4, -0.2) is 20.9 Å². The largest absolute Gasteiger partial charge is 0.274 e. The number of anilines is 2. The van der Waals surface area contributed by atoms with Crippen LogP contribution < -0.4 is 4.90 Å². The van der Waals surface area contributed by atoms with E-state index in [1.54, 1.807) is 41.2 Å². The lowest BCUT2D eigenvalue weighted by atomic mass is 10.1. The number of thiazole rings is 1. The highest BCUT2D eigenvalue weighted by atomic mass is 32.2. The van der Waals surface area contributed by atoms with E-state index in [1.807, 2.05) is 23.6 Å². The van der Waals surface area contributed by atoms with Crippen molar-refractivity contribution in [3.05, 3.63) is 57.7 Å². The number of hydrogen-bond acceptors (Lipinski definition) is 7. The minimum absolute atomic E-state index is 0.0358. The first-order chi connectivity index (χ1) is 14.5. The Morgan fingerprint density at radius 1 is 1.20 bits per heavy atom. The molecule has 0 N–H and O–H groups in total. The second kappa shape index (κ2) is 8.83. The molecule has 4 rings (SSSR count). The number of fused-ring (bicyclic) bond motifs is 1. The third kappa shape index (κ3) is 3.99. The summed E-state index contributed by atoms with van der Waals surface area (Å²) in [5.74, 6) is 0.657. The summed E-state index contributed by atoms with van der Waals surface area (Å²) in [4.78, 5) is 30.2. The molecule has 154 valence electrons. The number of thiophene rings is 1. The van der Waals surface area contributed by atoms with Crippen molar-refractivity contribution in [3.63, 3.8) is 0 Å². The lowest BCUT2D eigenvalue weighted by Crippen LogP contribution is -2.23. The number of amides is 1.